The van der Waals surface area contributed by atoms with Crippen LogP contribution in [0.4, 0.5) is 0 Å². The van der Waals surface area contributed by atoms with Crippen LogP contribution in [-0.4, -0.2) is 9.97 Å². The van der Waals surface area contributed by atoms with Crippen molar-refractivity contribution >= 4 is 0 Å². The molecular formula is C24H18N2. The van der Waals surface area contributed by atoms with Gasteiger partial charge in [-0.3, -0.25) is 4.98 Å². The van der Waals surface area contributed by atoms with Gasteiger partial charge in [-0.1, -0.05) is 60.7 Å². The number of hydrogen-bond donors (Lipinski definition) is 0. The average molecular weight is 334 g/mol. The number of hydrogen-bond acceptors (Lipinski definition) is 2. The Labute approximate surface area is 153 Å². The maximum Gasteiger partial charge on any atom is 0.0974 e. The summed E-state index contributed by atoms with van der Waals surface area (Å²) in [7, 11) is 0. The lowest BCUT2D eigenvalue weighted by molar-refractivity contribution is 0.937. The van der Waals surface area contributed by atoms with Crippen molar-refractivity contribution in [2.75, 3.05) is 0 Å². The summed E-state index contributed by atoms with van der Waals surface area (Å²) in [4.78, 5) is 9.67. The highest BCUT2D eigenvalue weighted by Crippen LogP contribution is 2.40. The SMILES string of the molecule is c1ccc(-c2cc3c(c(-c4ccccn4)n2)-c2ccccc2CC3)cc1. The molecule has 0 spiro atoms. The van der Waals surface area contributed by atoms with Gasteiger partial charge in [0.05, 0.1) is 17.1 Å². The molecule has 2 heterocycles. The third-order valence-corrected chi connectivity index (χ3v) is 5.03. The summed E-state index contributed by atoms with van der Waals surface area (Å²) in [6.07, 6.45) is 3.95. The lowest BCUT2D eigenvalue weighted by Crippen LogP contribution is -2.07. The Morgan fingerprint density at radius 2 is 1.42 bits per heavy atom. The molecule has 2 aromatic heterocycles. The van der Waals surface area contributed by atoms with Crippen molar-refractivity contribution in [2.45, 2.75) is 12.8 Å². The minimum Gasteiger partial charge on any atom is -0.255 e. The van der Waals surface area contributed by atoms with Crippen molar-refractivity contribution in [1.29, 1.82) is 0 Å². The van der Waals surface area contributed by atoms with E-state index in [1.54, 1.807) is 0 Å². The molecule has 26 heavy (non-hydrogen) atoms. The van der Waals surface area contributed by atoms with E-state index in [4.69, 9.17) is 4.98 Å². The van der Waals surface area contributed by atoms with Crippen molar-refractivity contribution in [2.24, 2.45) is 0 Å². The number of benzene rings is 2. The molecular weight excluding hydrogens is 316 g/mol. The van der Waals surface area contributed by atoms with Crippen LogP contribution in [0.2, 0.25) is 0 Å². The molecule has 0 atom stereocenters. The molecule has 0 unspecified atom stereocenters. The fourth-order valence-corrected chi connectivity index (χ4v) is 3.79. The summed E-state index contributed by atoms with van der Waals surface area (Å²) in [5, 5.41) is 0. The highest BCUT2D eigenvalue weighted by Gasteiger charge is 2.22. The summed E-state index contributed by atoms with van der Waals surface area (Å²) in [5.41, 5.74) is 9.36. The lowest BCUT2D eigenvalue weighted by Gasteiger charge is -2.23. The first-order valence-electron chi connectivity index (χ1n) is 8.99. The van der Waals surface area contributed by atoms with Crippen LogP contribution in [-0.2, 0) is 12.8 Å². The zero-order valence-corrected chi connectivity index (χ0v) is 14.4. The zero-order valence-electron chi connectivity index (χ0n) is 14.4. The normalized spacial score (nSPS) is 12.3. The third kappa shape index (κ3) is 2.51. The van der Waals surface area contributed by atoms with Crippen LogP contribution in [0.25, 0.3) is 33.8 Å². The molecule has 2 aromatic carbocycles. The number of aromatic nitrogens is 2. The number of fused-ring (bicyclic) bond motifs is 3. The molecule has 0 N–H and O–H groups in total. The minimum atomic E-state index is 0.929. The second kappa shape index (κ2) is 6.23. The second-order valence-corrected chi connectivity index (χ2v) is 6.63. The Hall–Kier alpha value is -3.26. The average Bonchev–Trinajstić information content (AvgIpc) is 2.74. The molecule has 0 radical (unpaired) electrons. The van der Waals surface area contributed by atoms with E-state index in [-0.39, 0.29) is 0 Å². The molecule has 1 aliphatic carbocycles. The lowest BCUT2D eigenvalue weighted by atomic mass is 9.83. The van der Waals surface area contributed by atoms with Gasteiger partial charge in [0.1, 0.15) is 0 Å². The maximum absolute atomic E-state index is 5.06. The van der Waals surface area contributed by atoms with Gasteiger partial charge < -0.3 is 0 Å². The molecule has 5 rings (SSSR count). The molecule has 1 aliphatic rings. The van der Waals surface area contributed by atoms with Gasteiger partial charge in [0.25, 0.3) is 0 Å². The fourth-order valence-electron chi connectivity index (χ4n) is 3.79. The molecule has 0 aliphatic heterocycles. The van der Waals surface area contributed by atoms with Crippen molar-refractivity contribution in [3.63, 3.8) is 0 Å². The predicted molar refractivity (Wildman–Crippen MR) is 106 cm³/mol. The summed E-state index contributed by atoms with van der Waals surface area (Å²) in [6, 6.07) is 27.4. The number of aryl methyl sites for hydroxylation is 2. The molecule has 0 saturated carbocycles. The monoisotopic (exact) mass is 334 g/mol. The quantitative estimate of drug-likeness (QED) is 0.478. The number of rotatable bonds is 2. The van der Waals surface area contributed by atoms with Gasteiger partial charge >= 0.3 is 0 Å². The molecule has 124 valence electrons. The maximum atomic E-state index is 5.06. The van der Waals surface area contributed by atoms with E-state index in [1.807, 2.05) is 24.4 Å². The Balaban J connectivity index is 1.81. The Bertz CT molecular complexity index is 1070. The van der Waals surface area contributed by atoms with Crippen molar-refractivity contribution < 1.29 is 0 Å². The number of pyridine rings is 2. The van der Waals surface area contributed by atoms with Crippen molar-refractivity contribution in [3.05, 3.63) is 96.2 Å². The molecule has 2 heteroatoms. The van der Waals surface area contributed by atoms with E-state index in [1.165, 1.54) is 22.3 Å². The summed E-state index contributed by atoms with van der Waals surface area (Å²) < 4.78 is 0. The van der Waals surface area contributed by atoms with Gasteiger partial charge in [0.2, 0.25) is 0 Å². The first-order chi connectivity index (χ1) is 12.9. The Morgan fingerprint density at radius 3 is 2.27 bits per heavy atom. The van der Waals surface area contributed by atoms with Crippen molar-refractivity contribution in [1.82, 2.24) is 9.97 Å². The van der Waals surface area contributed by atoms with Gasteiger partial charge in [-0.05, 0) is 47.7 Å². The van der Waals surface area contributed by atoms with E-state index >= 15 is 0 Å². The van der Waals surface area contributed by atoms with Gasteiger partial charge in [-0.15, -0.1) is 0 Å². The van der Waals surface area contributed by atoms with Crippen LogP contribution < -0.4 is 0 Å². The predicted octanol–water partition coefficient (Wildman–Crippen LogP) is 5.58. The van der Waals surface area contributed by atoms with E-state index in [9.17, 15) is 0 Å². The fraction of sp³-hybridized carbons (Fsp3) is 0.0833. The van der Waals surface area contributed by atoms with Gasteiger partial charge in [-0.2, -0.15) is 0 Å². The molecule has 2 nitrogen and oxygen atoms in total. The molecule has 0 saturated heterocycles. The Kier molecular flexibility index (Phi) is 3.60. The first kappa shape index (κ1) is 15.0. The van der Waals surface area contributed by atoms with E-state index < -0.39 is 0 Å². The highest BCUT2D eigenvalue weighted by atomic mass is 14.8. The van der Waals surface area contributed by atoms with E-state index in [2.05, 4.69) is 65.6 Å². The zero-order chi connectivity index (χ0) is 17.3. The first-order valence-corrected chi connectivity index (χ1v) is 8.99. The number of nitrogens with zero attached hydrogens (tertiary/aromatic N) is 2. The third-order valence-electron chi connectivity index (χ3n) is 5.03. The molecule has 0 bridgehead atoms. The van der Waals surface area contributed by atoms with Crippen LogP contribution >= 0.6 is 0 Å². The summed E-state index contributed by atoms with van der Waals surface area (Å²) >= 11 is 0. The van der Waals surface area contributed by atoms with Crippen LogP contribution in [0.1, 0.15) is 11.1 Å². The van der Waals surface area contributed by atoms with Gasteiger partial charge in [0, 0.05) is 17.3 Å². The molecule has 4 aromatic rings. The van der Waals surface area contributed by atoms with Crippen molar-refractivity contribution in [3.8, 4) is 33.8 Å². The van der Waals surface area contributed by atoms with E-state index in [0.717, 1.165) is 35.5 Å². The standard InChI is InChI=1S/C24H18N2/c1-2-9-18(10-3-1)22-16-19-14-13-17-8-4-5-11-20(17)23(19)24(26-22)21-12-6-7-15-25-21/h1-12,15-16H,13-14H2. The topological polar surface area (TPSA) is 25.8 Å². The highest BCUT2D eigenvalue weighted by molar-refractivity contribution is 5.86. The summed E-state index contributed by atoms with van der Waals surface area (Å²) in [6.45, 7) is 0. The smallest absolute Gasteiger partial charge is 0.0974 e. The van der Waals surface area contributed by atoms with Crippen LogP contribution in [0, 0.1) is 0 Å². The van der Waals surface area contributed by atoms with Crippen LogP contribution in [0.5, 0.6) is 0 Å². The largest absolute Gasteiger partial charge is 0.255 e. The molecule has 0 fully saturated rings. The van der Waals surface area contributed by atoms with Gasteiger partial charge in [-0.25, -0.2) is 4.98 Å². The minimum absolute atomic E-state index is 0.929. The van der Waals surface area contributed by atoms with Crippen LogP contribution in [0.3, 0.4) is 0 Å². The molecule has 0 amide bonds. The van der Waals surface area contributed by atoms with Gasteiger partial charge in [0.15, 0.2) is 0 Å². The Morgan fingerprint density at radius 1 is 0.654 bits per heavy atom. The second-order valence-electron chi connectivity index (χ2n) is 6.63. The summed E-state index contributed by atoms with van der Waals surface area (Å²) in [5.74, 6) is 0. The van der Waals surface area contributed by atoms with E-state index in [0.29, 0.717) is 0 Å². The van der Waals surface area contributed by atoms with Crippen LogP contribution in [0.15, 0.2) is 85.1 Å².